The van der Waals surface area contributed by atoms with Gasteiger partial charge < -0.3 is 15.4 Å². The van der Waals surface area contributed by atoms with Gasteiger partial charge in [0.2, 0.25) is 0 Å². The lowest BCUT2D eigenvalue weighted by molar-refractivity contribution is 0.407. The molecular formula is C17H21FN2O. The van der Waals surface area contributed by atoms with Gasteiger partial charge in [0.25, 0.3) is 0 Å². The first-order valence-electron chi connectivity index (χ1n) is 6.91. The van der Waals surface area contributed by atoms with Crippen LogP contribution in [0.5, 0.6) is 5.75 Å². The molecule has 0 aromatic heterocycles. The molecule has 112 valence electrons. The molecule has 0 saturated heterocycles. The predicted molar refractivity (Wildman–Crippen MR) is 84.1 cm³/mol. The molecule has 0 aliphatic rings. The molecule has 0 fully saturated rings. The van der Waals surface area contributed by atoms with Crippen LogP contribution in [0.1, 0.15) is 24.1 Å². The van der Waals surface area contributed by atoms with Crippen molar-refractivity contribution in [2.24, 2.45) is 5.73 Å². The summed E-state index contributed by atoms with van der Waals surface area (Å²) in [5, 5.41) is 0. The summed E-state index contributed by atoms with van der Waals surface area (Å²) in [6.45, 7) is 2.61. The maximum Gasteiger partial charge on any atom is 0.125 e. The first-order valence-corrected chi connectivity index (χ1v) is 6.91. The van der Waals surface area contributed by atoms with Gasteiger partial charge in [-0.1, -0.05) is 18.2 Å². The Balaban J connectivity index is 2.30. The van der Waals surface area contributed by atoms with Gasteiger partial charge >= 0.3 is 0 Å². The Morgan fingerprint density at radius 3 is 2.43 bits per heavy atom. The summed E-state index contributed by atoms with van der Waals surface area (Å²) in [5.41, 5.74) is 9.12. The van der Waals surface area contributed by atoms with Crippen molar-refractivity contribution in [2.75, 3.05) is 19.1 Å². The van der Waals surface area contributed by atoms with Crippen LogP contribution in [0.3, 0.4) is 0 Å². The van der Waals surface area contributed by atoms with Crippen LogP contribution < -0.4 is 15.4 Å². The average Bonchev–Trinajstić information content (AvgIpc) is 2.48. The molecule has 21 heavy (non-hydrogen) atoms. The van der Waals surface area contributed by atoms with Crippen molar-refractivity contribution < 1.29 is 9.13 Å². The number of benzene rings is 2. The van der Waals surface area contributed by atoms with Gasteiger partial charge in [-0.25, -0.2) is 4.39 Å². The fourth-order valence-electron chi connectivity index (χ4n) is 2.45. The van der Waals surface area contributed by atoms with Crippen molar-refractivity contribution in [3.05, 3.63) is 59.4 Å². The minimum atomic E-state index is -0.223. The largest absolute Gasteiger partial charge is 0.496 e. The second-order valence-corrected chi connectivity index (χ2v) is 5.16. The molecule has 0 saturated carbocycles. The summed E-state index contributed by atoms with van der Waals surface area (Å²) in [7, 11) is 3.63. The normalized spacial score (nSPS) is 12.0. The van der Waals surface area contributed by atoms with Crippen LogP contribution in [0.25, 0.3) is 0 Å². The Morgan fingerprint density at radius 1 is 1.19 bits per heavy atom. The monoisotopic (exact) mass is 288 g/mol. The minimum Gasteiger partial charge on any atom is -0.496 e. The Morgan fingerprint density at radius 2 is 1.86 bits per heavy atom. The number of anilines is 1. The second-order valence-electron chi connectivity index (χ2n) is 5.16. The number of rotatable bonds is 5. The highest BCUT2D eigenvalue weighted by molar-refractivity contribution is 5.60. The van der Waals surface area contributed by atoms with Crippen LogP contribution in [0.2, 0.25) is 0 Å². The van der Waals surface area contributed by atoms with Gasteiger partial charge in [-0.2, -0.15) is 0 Å². The summed E-state index contributed by atoms with van der Waals surface area (Å²) >= 11 is 0. The number of hydrogen-bond donors (Lipinski definition) is 1. The van der Waals surface area contributed by atoms with Crippen LogP contribution >= 0.6 is 0 Å². The van der Waals surface area contributed by atoms with E-state index in [-0.39, 0.29) is 11.9 Å². The fraction of sp³-hybridized carbons (Fsp3) is 0.294. The van der Waals surface area contributed by atoms with E-state index in [9.17, 15) is 4.39 Å². The lowest BCUT2D eigenvalue weighted by Crippen LogP contribution is -2.20. The molecule has 0 radical (unpaired) electrons. The van der Waals surface area contributed by atoms with E-state index in [1.54, 1.807) is 19.2 Å². The van der Waals surface area contributed by atoms with E-state index >= 15 is 0 Å². The third kappa shape index (κ3) is 3.52. The van der Waals surface area contributed by atoms with Crippen LogP contribution in [-0.4, -0.2) is 14.2 Å². The number of hydrogen-bond acceptors (Lipinski definition) is 3. The maximum atomic E-state index is 13.0. The van der Waals surface area contributed by atoms with Gasteiger partial charge in [0.05, 0.1) is 7.11 Å². The van der Waals surface area contributed by atoms with Crippen molar-refractivity contribution in [3.8, 4) is 5.75 Å². The topological polar surface area (TPSA) is 38.5 Å². The molecule has 0 amide bonds. The highest BCUT2D eigenvalue weighted by Gasteiger charge is 2.16. The molecule has 0 aliphatic heterocycles. The van der Waals surface area contributed by atoms with Crippen molar-refractivity contribution in [3.63, 3.8) is 0 Å². The first kappa shape index (κ1) is 15.3. The number of methoxy groups -OCH3 is 1. The lowest BCUT2D eigenvalue weighted by Gasteiger charge is -2.25. The molecular weight excluding hydrogens is 267 g/mol. The van der Waals surface area contributed by atoms with Gasteiger partial charge in [-0.05, 0) is 36.8 Å². The highest BCUT2D eigenvalue weighted by atomic mass is 19.1. The lowest BCUT2D eigenvalue weighted by atomic mass is 10.0. The molecule has 0 heterocycles. The molecule has 2 aromatic carbocycles. The predicted octanol–water partition coefficient (Wildman–Crippen LogP) is 3.49. The average molecular weight is 288 g/mol. The van der Waals surface area contributed by atoms with Gasteiger partial charge in [-0.3, -0.25) is 0 Å². The van der Waals surface area contributed by atoms with Gasteiger partial charge in [0.15, 0.2) is 0 Å². The SMILES string of the molecule is COc1cccc(N(C)Cc2ccc(F)cc2)c1[C@@H](C)N. The number of nitrogens with two attached hydrogens (primary N) is 1. The standard InChI is InChI=1S/C17H21FN2O/c1-12(19)17-15(5-4-6-16(17)21-3)20(2)11-13-7-9-14(18)10-8-13/h4-10,12H,11,19H2,1-3H3/t12-/m1/s1. The summed E-state index contributed by atoms with van der Waals surface area (Å²) in [6.07, 6.45) is 0. The second kappa shape index (κ2) is 6.59. The molecule has 1 atom stereocenters. The van der Waals surface area contributed by atoms with Gasteiger partial charge in [0, 0.05) is 30.9 Å². The van der Waals surface area contributed by atoms with Crippen LogP contribution in [0.15, 0.2) is 42.5 Å². The number of ether oxygens (including phenoxy) is 1. The Bertz CT molecular complexity index is 596. The van der Waals surface area contributed by atoms with E-state index in [0.717, 1.165) is 22.6 Å². The third-order valence-electron chi connectivity index (χ3n) is 3.46. The molecule has 2 aromatic rings. The highest BCUT2D eigenvalue weighted by Crippen LogP contribution is 2.33. The summed E-state index contributed by atoms with van der Waals surface area (Å²) in [4.78, 5) is 2.09. The van der Waals surface area contributed by atoms with E-state index < -0.39 is 0 Å². The minimum absolute atomic E-state index is 0.133. The van der Waals surface area contributed by atoms with E-state index in [1.807, 2.05) is 32.2 Å². The molecule has 0 spiro atoms. The van der Waals surface area contributed by atoms with E-state index in [4.69, 9.17) is 10.5 Å². The van der Waals surface area contributed by atoms with Gasteiger partial charge in [0.1, 0.15) is 11.6 Å². The smallest absolute Gasteiger partial charge is 0.125 e. The first-order chi connectivity index (χ1) is 10.0. The molecule has 4 heteroatoms. The summed E-state index contributed by atoms with van der Waals surface area (Å²) in [5.74, 6) is 0.563. The quantitative estimate of drug-likeness (QED) is 0.915. The number of halogens is 1. The van der Waals surface area contributed by atoms with Crippen molar-refractivity contribution in [1.29, 1.82) is 0 Å². The van der Waals surface area contributed by atoms with Crippen LogP contribution in [0.4, 0.5) is 10.1 Å². The molecule has 2 N–H and O–H groups in total. The number of nitrogens with zero attached hydrogens (tertiary/aromatic N) is 1. The Labute approximate surface area is 125 Å². The zero-order chi connectivity index (χ0) is 15.4. The maximum absolute atomic E-state index is 13.0. The van der Waals surface area contributed by atoms with Crippen molar-refractivity contribution in [1.82, 2.24) is 0 Å². The Kier molecular flexibility index (Phi) is 4.81. The molecule has 2 rings (SSSR count). The molecule has 0 aliphatic carbocycles. The molecule has 0 bridgehead atoms. The summed E-state index contributed by atoms with van der Waals surface area (Å²) in [6, 6.07) is 12.3. The molecule has 3 nitrogen and oxygen atoms in total. The van der Waals surface area contributed by atoms with E-state index in [2.05, 4.69) is 4.90 Å². The van der Waals surface area contributed by atoms with Crippen molar-refractivity contribution >= 4 is 5.69 Å². The Hall–Kier alpha value is -2.07. The molecule has 0 unspecified atom stereocenters. The van der Waals surface area contributed by atoms with Gasteiger partial charge in [-0.15, -0.1) is 0 Å². The van der Waals surface area contributed by atoms with E-state index in [0.29, 0.717) is 6.54 Å². The van der Waals surface area contributed by atoms with E-state index in [1.165, 1.54) is 12.1 Å². The van der Waals surface area contributed by atoms with Crippen LogP contribution in [0, 0.1) is 5.82 Å². The van der Waals surface area contributed by atoms with Crippen LogP contribution in [-0.2, 0) is 6.54 Å². The third-order valence-corrected chi connectivity index (χ3v) is 3.46. The summed E-state index contributed by atoms with van der Waals surface area (Å²) < 4.78 is 18.4. The zero-order valence-corrected chi connectivity index (χ0v) is 12.6. The van der Waals surface area contributed by atoms with Crippen molar-refractivity contribution in [2.45, 2.75) is 19.5 Å². The zero-order valence-electron chi connectivity index (χ0n) is 12.6. The fourth-order valence-corrected chi connectivity index (χ4v) is 2.45.